The van der Waals surface area contributed by atoms with Crippen LogP contribution in [-0.4, -0.2) is 19.3 Å². The topological polar surface area (TPSA) is 47.3 Å². The third-order valence-corrected chi connectivity index (χ3v) is 4.34. The van der Waals surface area contributed by atoms with Gasteiger partial charge in [-0.1, -0.05) is 25.7 Å². The molecule has 1 saturated carbocycles. The van der Waals surface area contributed by atoms with Crippen LogP contribution in [0, 0.1) is 11.8 Å². The Bertz CT molecular complexity index is 186. The number of rotatable bonds is 5. The highest BCUT2D eigenvalue weighted by atomic mass is 16.5. The van der Waals surface area contributed by atoms with E-state index in [1.165, 1.54) is 51.4 Å². The fourth-order valence-electron chi connectivity index (χ4n) is 3.25. The second-order valence-corrected chi connectivity index (χ2v) is 5.48. The Morgan fingerprint density at radius 3 is 2.62 bits per heavy atom. The van der Waals surface area contributed by atoms with E-state index in [4.69, 9.17) is 10.6 Å². The third kappa shape index (κ3) is 3.44. The van der Waals surface area contributed by atoms with Crippen molar-refractivity contribution in [1.82, 2.24) is 5.43 Å². The summed E-state index contributed by atoms with van der Waals surface area (Å²) in [6, 6.07) is 0.473. The molecule has 2 rings (SSSR count). The number of ether oxygens (including phenoxy) is 1. The van der Waals surface area contributed by atoms with Crippen molar-refractivity contribution < 1.29 is 4.74 Å². The van der Waals surface area contributed by atoms with Crippen molar-refractivity contribution >= 4 is 0 Å². The van der Waals surface area contributed by atoms with E-state index >= 15 is 0 Å². The van der Waals surface area contributed by atoms with E-state index in [0.29, 0.717) is 12.0 Å². The third-order valence-electron chi connectivity index (χ3n) is 4.34. The van der Waals surface area contributed by atoms with Gasteiger partial charge in [-0.25, -0.2) is 0 Å². The van der Waals surface area contributed by atoms with Crippen LogP contribution >= 0.6 is 0 Å². The average molecular weight is 226 g/mol. The van der Waals surface area contributed by atoms with Crippen molar-refractivity contribution in [2.75, 3.05) is 13.2 Å². The summed E-state index contributed by atoms with van der Waals surface area (Å²) in [7, 11) is 0. The van der Waals surface area contributed by atoms with Crippen molar-refractivity contribution in [1.29, 1.82) is 0 Å². The van der Waals surface area contributed by atoms with Crippen LogP contribution in [0.4, 0.5) is 0 Å². The monoisotopic (exact) mass is 226 g/mol. The lowest BCUT2D eigenvalue weighted by Gasteiger charge is -2.30. The molecule has 1 heterocycles. The normalized spacial score (nSPS) is 29.4. The van der Waals surface area contributed by atoms with Crippen molar-refractivity contribution in [3.8, 4) is 0 Å². The predicted molar refractivity (Wildman–Crippen MR) is 65.8 cm³/mol. The molecular formula is C13H26N2O. The molecular weight excluding hydrogens is 200 g/mol. The Morgan fingerprint density at radius 1 is 1.19 bits per heavy atom. The first kappa shape index (κ1) is 12.3. The lowest BCUT2D eigenvalue weighted by molar-refractivity contribution is 0.0369. The summed E-state index contributed by atoms with van der Waals surface area (Å²) in [5.41, 5.74) is 3.02. The SMILES string of the molecule is NNC(CCC1CCCC1)C1CCCOC1. The van der Waals surface area contributed by atoms with E-state index in [9.17, 15) is 0 Å². The van der Waals surface area contributed by atoms with E-state index in [2.05, 4.69) is 5.43 Å². The van der Waals surface area contributed by atoms with Gasteiger partial charge in [0.05, 0.1) is 6.61 Å². The van der Waals surface area contributed by atoms with Gasteiger partial charge < -0.3 is 4.74 Å². The van der Waals surface area contributed by atoms with Crippen molar-refractivity contribution in [2.45, 2.75) is 57.4 Å². The van der Waals surface area contributed by atoms with Gasteiger partial charge in [0, 0.05) is 12.6 Å². The second kappa shape index (κ2) is 6.58. The first-order chi connectivity index (χ1) is 7.90. The summed E-state index contributed by atoms with van der Waals surface area (Å²) in [4.78, 5) is 0. The van der Waals surface area contributed by atoms with Gasteiger partial charge in [-0.2, -0.15) is 0 Å². The summed E-state index contributed by atoms with van der Waals surface area (Å²) in [5.74, 6) is 7.29. The van der Waals surface area contributed by atoms with Crippen LogP contribution in [0.1, 0.15) is 51.4 Å². The first-order valence-corrected chi connectivity index (χ1v) is 6.94. The van der Waals surface area contributed by atoms with Crippen LogP contribution in [0.5, 0.6) is 0 Å². The molecule has 1 aliphatic heterocycles. The smallest absolute Gasteiger partial charge is 0.0509 e. The van der Waals surface area contributed by atoms with Crippen LogP contribution < -0.4 is 11.3 Å². The number of hydrogen-bond acceptors (Lipinski definition) is 3. The van der Waals surface area contributed by atoms with Crippen LogP contribution in [0.2, 0.25) is 0 Å². The highest BCUT2D eigenvalue weighted by molar-refractivity contribution is 4.79. The van der Waals surface area contributed by atoms with Gasteiger partial charge >= 0.3 is 0 Å². The van der Waals surface area contributed by atoms with Gasteiger partial charge in [0.2, 0.25) is 0 Å². The number of hydrogen-bond donors (Lipinski definition) is 2. The highest BCUT2D eigenvalue weighted by Crippen LogP contribution is 2.30. The maximum atomic E-state index is 5.68. The van der Waals surface area contributed by atoms with E-state index in [1.54, 1.807) is 0 Å². The molecule has 2 atom stereocenters. The average Bonchev–Trinajstić information content (AvgIpc) is 2.84. The molecule has 0 aromatic rings. The minimum atomic E-state index is 0.473. The maximum absolute atomic E-state index is 5.68. The van der Waals surface area contributed by atoms with Crippen molar-refractivity contribution in [3.05, 3.63) is 0 Å². The van der Waals surface area contributed by atoms with Crippen LogP contribution in [0.3, 0.4) is 0 Å². The molecule has 1 saturated heterocycles. The summed E-state index contributed by atoms with van der Waals surface area (Å²) in [5, 5.41) is 0. The Morgan fingerprint density at radius 2 is 2.00 bits per heavy atom. The molecule has 0 spiro atoms. The predicted octanol–water partition coefficient (Wildman–Crippen LogP) is 2.22. The van der Waals surface area contributed by atoms with Gasteiger partial charge in [0.1, 0.15) is 0 Å². The molecule has 94 valence electrons. The zero-order valence-corrected chi connectivity index (χ0v) is 10.3. The van der Waals surface area contributed by atoms with Crippen LogP contribution in [0.15, 0.2) is 0 Å². The molecule has 0 amide bonds. The molecule has 3 heteroatoms. The van der Waals surface area contributed by atoms with E-state index in [0.717, 1.165) is 19.1 Å². The molecule has 0 aromatic carbocycles. The molecule has 0 bridgehead atoms. The molecule has 2 aliphatic rings. The van der Waals surface area contributed by atoms with Crippen molar-refractivity contribution in [2.24, 2.45) is 17.7 Å². The van der Waals surface area contributed by atoms with E-state index in [1.807, 2.05) is 0 Å². The zero-order chi connectivity index (χ0) is 11.2. The summed E-state index contributed by atoms with van der Waals surface area (Å²) >= 11 is 0. The standard InChI is InChI=1S/C13H26N2O/c14-15-13(12-6-3-9-16-10-12)8-7-11-4-1-2-5-11/h11-13,15H,1-10,14H2. The van der Waals surface area contributed by atoms with Gasteiger partial charge in [-0.3, -0.25) is 11.3 Å². The van der Waals surface area contributed by atoms with Gasteiger partial charge in [-0.15, -0.1) is 0 Å². The molecule has 16 heavy (non-hydrogen) atoms. The summed E-state index contributed by atoms with van der Waals surface area (Å²) in [6.45, 7) is 1.84. The number of nitrogens with one attached hydrogen (secondary N) is 1. The maximum Gasteiger partial charge on any atom is 0.0509 e. The number of hydrazine groups is 1. The largest absolute Gasteiger partial charge is 0.381 e. The molecule has 0 radical (unpaired) electrons. The summed E-state index contributed by atoms with van der Waals surface area (Å²) in [6.07, 6.45) is 10.8. The highest BCUT2D eigenvalue weighted by Gasteiger charge is 2.24. The fourth-order valence-corrected chi connectivity index (χ4v) is 3.25. The van der Waals surface area contributed by atoms with Gasteiger partial charge in [0.15, 0.2) is 0 Å². The van der Waals surface area contributed by atoms with Gasteiger partial charge in [0.25, 0.3) is 0 Å². The fraction of sp³-hybridized carbons (Fsp3) is 1.00. The molecule has 2 unspecified atom stereocenters. The molecule has 2 fully saturated rings. The van der Waals surface area contributed by atoms with Crippen LogP contribution in [0.25, 0.3) is 0 Å². The van der Waals surface area contributed by atoms with E-state index in [-0.39, 0.29) is 0 Å². The first-order valence-electron chi connectivity index (χ1n) is 6.94. The van der Waals surface area contributed by atoms with Gasteiger partial charge in [-0.05, 0) is 37.5 Å². The Kier molecular flexibility index (Phi) is 5.07. The second-order valence-electron chi connectivity index (χ2n) is 5.48. The molecule has 3 N–H and O–H groups in total. The molecule has 3 nitrogen and oxygen atoms in total. The summed E-state index contributed by atoms with van der Waals surface area (Å²) < 4.78 is 5.54. The van der Waals surface area contributed by atoms with Crippen LogP contribution in [-0.2, 0) is 4.74 Å². The Labute approximate surface area is 99.1 Å². The zero-order valence-electron chi connectivity index (χ0n) is 10.3. The van der Waals surface area contributed by atoms with E-state index < -0.39 is 0 Å². The quantitative estimate of drug-likeness (QED) is 0.558. The Balaban J connectivity index is 1.70. The lowest BCUT2D eigenvalue weighted by atomic mass is 9.88. The minimum Gasteiger partial charge on any atom is -0.381 e. The lowest BCUT2D eigenvalue weighted by Crippen LogP contribution is -2.44. The number of nitrogens with two attached hydrogens (primary N) is 1. The molecule has 0 aromatic heterocycles. The Hall–Kier alpha value is -0.120. The molecule has 1 aliphatic carbocycles. The van der Waals surface area contributed by atoms with Crippen molar-refractivity contribution in [3.63, 3.8) is 0 Å². The minimum absolute atomic E-state index is 0.473.